The molecule has 5 nitrogen and oxygen atoms in total. The molecule has 3 rings (SSSR count). The lowest BCUT2D eigenvalue weighted by Crippen LogP contribution is -2.40. The number of nitrogens with zero attached hydrogens (tertiary/aromatic N) is 1. The van der Waals surface area contributed by atoms with Gasteiger partial charge >= 0.3 is 0 Å². The number of benzene rings is 2. The summed E-state index contributed by atoms with van der Waals surface area (Å²) in [5.41, 5.74) is 1.86. The van der Waals surface area contributed by atoms with Crippen LogP contribution in [-0.4, -0.2) is 44.4 Å². The molecule has 0 radical (unpaired) electrons. The minimum absolute atomic E-state index is 0.0834. The number of carbonyl (C=O) groups excluding carboxylic acids is 2. The van der Waals surface area contributed by atoms with Crippen LogP contribution in [0.2, 0.25) is 0 Å². The predicted molar refractivity (Wildman–Crippen MR) is 104 cm³/mol. The molecule has 0 unspecified atom stereocenters. The number of aryl methyl sites for hydroxylation is 1. The Morgan fingerprint density at radius 3 is 2.22 bits per heavy atom. The summed E-state index contributed by atoms with van der Waals surface area (Å²) in [4.78, 5) is 27.3. The molecule has 2 aromatic rings. The molecule has 1 amide bonds. The molecule has 27 heavy (non-hydrogen) atoms. The Bertz CT molecular complexity index is 959. The minimum atomic E-state index is -3.37. The van der Waals surface area contributed by atoms with Crippen LogP contribution >= 0.6 is 0 Å². The fourth-order valence-corrected chi connectivity index (χ4v) is 4.06. The van der Waals surface area contributed by atoms with E-state index in [9.17, 15) is 18.0 Å². The van der Waals surface area contributed by atoms with Crippen LogP contribution in [0.5, 0.6) is 0 Å². The Balaban J connectivity index is 1.71. The van der Waals surface area contributed by atoms with Crippen LogP contribution < -0.4 is 0 Å². The first-order valence-electron chi connectivity index (χ1n) is 8.96. The first kappa shape index (κ1) is 19.3. The van der Waals surface area contributed by atoms with Gasteiger partial charge in [0.2, 0.25) is 0 Å². The quantitative estimate of drug-likeness (QED) is 0.758. The molecule has 0 atom stereocenters. The highest BCUT2D eigenvalue weighted by atomic mass is 32.2. The van der Waals surface area contributed by atoms with Gasteiger partial charge in [0.25, 0.3) is 5.91 Å². The molecule has 0 N–H and O–H groups in total. The summed E-state index contributed by atoms with van der Waals surface area (Å²) in [6.07, 6.45) is 2.36. The summed E-state index contributed by atoms with van der Waals surface area (Å²) < 4.78 is 23.6. The van der Waals surface area contributed by atoms with Crippen molar-refractivity contribution in [3.63, 3.8) is 0 Å². The molecule has 0 bridgehead atoms. The van der Waals surface area contributed by atoms with Crippen LogP contribution in [0.3, 0.4) is 0 Å². The van der Waals surface area contributed by atoms with Gasteiger partial charge in [-0.3, -0.25) is 9.59 Å². The molecule has 0 aliphatic carbocycles. The van der Waals surface area contributed by atoms with Crippen molar-refractivity contribution in [2.75, 3.05) is 19.3 Å². The molecule has 142 valence electrons. The monoisotopic (exact) mass is 385 g/mol. The second kappa shape index (κ2) is 7.64. The standard InChI is InChI=1S/C21H23NO4S/c1-15-8-9-18(27(2,25)26)14-19(15)21(24)22-12-10-17(11-13-22)20(23)16-6-4-3-5-7-16/h3-9,14,17H,10-13H2,1-2H3. The van der Waals surface area contributed by atoms with E-state index in [0.29, 0.717) is 37.1 Å². The number of Topliss-reactive ketones (excluding diaryl/α,β-unsaturated/α-hetero) is 1. The first-order valence-corrected chi connectivity index (χ1v) is 10.9. The van der Waals surface area contributed by atoms with E-state index in [1.165, 1.54) is 12.1 Å². The van der Waals surface area contributed by atoms with Crippen LogP contribution in [0.4, 0.5) is 0 Å². The van der Waals surface area contributed by atoms with Crippen LogP contribution in [0.1, 0.15) is 39.1 Å². The highest BCUT2D eigenvalue weighted by Crippen LogP contribution is 2.24. The zero-order valence-electron chi connectivity index (χ0n) is 15.5. The number of piperidine rings is 1. The summed E-state index contributed by atoms with van der Waals surface area (Å²) in [5, 5.41) is 0. The van der Waals surface area contributed by atoms with Gasteiger partial charge in [0.15, 0.2) is 15.6 Å². The molecule has 1 aliphatic heterocycles. The van der Waals surface area contributed by atoms with Crippen molar-refractivity contribution in [2.45, 2.75) is 24.7 Å². The summed E-state index contributed by atoms with van der Waals surface area (Å²) in [6, 6.07) is 13.9. The molecule has 0 aromatic heterocycles. The van der Waals surface area contributed by atoms with E-state index < -0.39 is 9.84 Å². The average molecular weight is 385 g/mol. The van der Waals surface area contributed by atoms with Gasteiger partial charge < -0.3 is 4.90 Å². The lowest BCUT2D eigenvalue weighted by molar-refractivity contribution is 0.0649. The van der Waals surface area contributed by atoms with E-state index in [1.54, 1.807) is 17.9 Å². The van der Waals surface area contributed by atoms with E-state index in [2.05, 4.69) is 0 Å². The number of sulfone groups is 1. The highest BCUT2D eigenvalue weighted by molar-refractivity contribution is 7.90. The van der Waals surface area contributed by atoms with Gasteiger partial charge in [-0.1, -0.05) is 36.4 Å². The zero-order valence-corrected chi connectivity index (χ0v) is 16.3. The summed E-state index contributed by atoms with van der Waals surface area (Å²) in [6.45, 7) is 2.78. The summed E-state index contributed by atoms with van der Waals surface area (Å²) >= 11 is 0. The average Bonchev–Trinajstić information content (AvgIpc) is 2.67. The van der Waals surface area contributed by atoms with Crippen LogP contribution in [0, 0.1) is 12.8 Å². The lowest BCUT2D eigenvalue weighted by Gasteiger charge is -2.31. The van der Waals surface area contributed by atoms with E-state index in [-0.39, 0.29) is 22.5 Å². The molecule has 1 fully saturated rings. The van der Waals surface area contributed by atoms with E-state index in [1.807, 2.05) is 30.3 Å². The number of rotatable bonds is 4. The molecule has 0 spiro atoms. The predicted octanol–water partition coefficient (Wildman–Crippen LogP) is 3.13. The maximum Gasteiger partial charge on any atom is 0.254 e. The molecule has 6 heteroatoms. The molecule has 1 saturated heterocycles. The lowest BCUT2D eigenvalue weighted by atomic mass is 9.88. The first-order chi connectivity index (χ1) is 12.8. The Hall–Kier alpha value is -2.47. The number of hydrogen-bond acceptors (Lipinski definition) is 4. The van der Waals surface area contributed by atoms with Gasteiger partial charge in [-0.2, -0.15) is 0 Å². The Morgan fingerprint density at radius 2 is 1.63 bits per heavy atom. The third-order valence-corrected chi connectivity index (χ3v) is 6.19. The van der Waals surface area contributed by atoms with E-state index in [4.69, 9.17) is 0 Å². The summed E-state index contributed by atoms with van der Waals surface area (Å²) in [7, 11) is -3.37. The number of hydrogen-bond donors (Lipinski definition) is 0. The van der Waals surface area contributed by atoms with Crippen molar-refractivity contribution in [2.24, 2.45) is 5.92 Å². The second-order valence-corrected chi connectivity index (χ2v) is 9.06. The van der Waals surface area contributed by atoms with E-state index >= 15 is 0 Å². The minimum Gasteiger partial charge on any atom is -0.339 e. The largest absolute Gasteiger partial charge is 0.339 e. The normalized spacial score (nSPS) is 15.6. The molecule has 2 aromatic carbocycles. The van der Waals surface area contributed by atoms with Crippen LogP contribution in [0.25, 0.3) is 0 Å². The molecule has 1 aliphatic rings. The fourth-order valence-electron chi connectivity index (χ4n) is 3.42. The molecular formula is C21H23NO4S. The van der Waals surface area contributed by atoms with Crippen molar-refractivity contribution in [1.82, 2.24) is 4.90 Å². The van der Waals surface area contributed by atoms with Gasteiger partial charge in [0.05, 0.1) is 4.90 Å². The molecule has 1 heterocycles. The van der Waals surface area contributed by atoms with Crippen molar-refractivity contribution < 1.29 is 18.0 Å². The molecular weight excluding hydrogens is 362 g/mol. The Labute approximate surface area is 159 Å². The topological polar surface area (TPSA) is 71.5 Å². The third-order valence-electron chi connectivity index (χ3n) is 5.08. The van der Waals surface area contributed by atoms with E-state index in [0.717, 1.165) is 11.8 Å². The Morgan fingerprint density at radius 1 is 1.00 bits per heavy atom. The van der Waals surface area contributed by atoms with Gasteiger partial charge in [0.1, 0.15) is 0 Å². The van der Waals surface area contributed by atoms with Crippen molar-refractivity contribution in [1.29, 1.82) is 0 Å². The highest BCUT2D eigenvalue weighted by Gasteiger charge is 2.29. The third kappa shape index (κ3) is 4.27. The van der Waals surface area contributed by atoms with Crippen molar-refractivity contribution in [3.8, 4) is 0 Å². The van der Waals surface area contributed by atoms with Gasteiger partial charge in [-0.05, 0) is 37.5 Å². The van der Waals surface area contributed by atoms with Crippen LogP contribution in [0.15, 0.2) is 53.4 Å². The van der Waals surface area contributed by atoms with Crippen molar-refractivity contribution in [3.05, 3.63) is 65.2 Å². The number of carbonyl (C=O) groups is 2. The zero-order chi connectivity index (χ0) is 19.6. The van der Waals surface area contributed by atoms with Gasteiger partial charge in [-0.15, -0.1) is 0 Å². The Kier molecular flexibility index (Phi) is 5.46. The smallest absolute Gasteiger partial charge is 0.254 e. The molecule has 0 saturated carbocycles. The number of ketones is 1. The maximum absolute atomic E-state index is 12.9. The fraction of sp³-hybridized carbons (Fsp3) is 0.333. The number of likely N-dealkylation sites (tertiary alicyclic amines) is 1. The van der Waals surface area contributed by atoms with Gasteiger partial charge in [-0.25, -0.2) is 8.42 Å². The van der Waals surface area contributed by atoms with Gasteiger partial charge in [0, 0.05) is 36.4 Å². The summed E-state index contributed by atoms with van der Waals surface area (Å²) in [5.74, 6) is -0.138. The number of amides is 1. The maximum atomic E-state index is 12.9. The van der Waals surface area contributed by atoms with Crippen LogP contribution in [-0.2, 0) is 9.84 Å². The van der Waals surface area contributed by atoms with Crippen molar-refractivity contribution >= 4 is 21.5 Å². The SMILES string of the molecule is Cc1ccc(S(C)(=O)=O)cc1C(=O)N1CCC(C(=O)c2ccccc2)CC1. The second-order valence-electron chi connectivity index (χ2n) is 7.05.